The number of hydrogen-bond acceptors (Lipinski definition) is 4. The lowest BCUT2D eigenvalue weighted by Gasteiger charge is -2.28. The molecule has 4 nitrogen and oxygen atoms in total. The van der Waals surface area contributed by atoms with Gasteiger partial charge in [-0.1, -0.05) is 40.2 Å². The molecule has 1 unspecified atom stereocenters. The van der Waals surface area contributed by atoms with E-state index in [1.165, 1.54) is 5.56 Å². The largest absolute Gasteiger partial charge is 0.495 e. The zero-order valence-corrected chi connectivity index (χ0v) is 13.2. The van der Waals surface area contributed by atoms with Gasteiger partial charge < -0.3 is 10.5 Å². The van der Waals surface area contributed by atoms with Gasteiger partial charge in [-0.25, -0.2) is 0 Å². The van der Waals surface area contributed by atoms with Crippen LogP contribution in [0.1, 0.15) is 11.6 Å². The van der Waals surface area contributed by atoms with Gasteiger partial charge in [0.1, 0.15) is 5.75 Å². The fourth-order valence-corrected chi connectivity index (χ4v) is 2.82. The van der Waals surface area contributed by atoms with Crippen LogP contribution in [0.15, 0.2) is 58.0 Å². The van der Waals surface area contributed by atoms with Crippen LogP contribution in [0, 0.1) is 0 Å². The van der Waals surface area contributed by atoms with E-state index >= 15 is 0 Å². The van der Waals surface area contributed by atoms with E-state index in [2.05, 4.69) is 33.1 Å². The van der Waals surface area contributed by atoms with Gasteiger partial charge in [0, 0.05) is 4.47 Å². The van der Waals surface area contributed by atoms with E-state index in [-0.39, 0.29) is 6.04 Å². The van der Waals surface area contributed by atoms with Crippen LogP contribution in [0.3, 0.4) is 0 Å². The van der Waals surface area contributed by atoms with Crippen molar-refractivity contribution in [2.24, 2.45) is 10.7 Å². The van der Waals surface area contributed by atoms with Gasteiger partial charge in [0.05, 0.1) is 25.4 Å². The highest BCUT2D eigenvalue weighted by Gasteiger charge is 2.30. The lowest BCUT2D eigenvalue weighted by Crippen LogP contribution is -2.36. The van der Waals surface area contributed by atoms with Crippen LogP contribution in [0.25, 0.3) is 0 Å². The van der Waals surface area contributed by atoms with Crippen molar-refractivity contribution in [1.29, 1.82) is 0 Å². The number of nitrogens with zero attached hydrogens (tertiary/aromatic N) is 2. The molecule has 21 heavy (non-hydrogen) atoms. The maximum Gasteiger partial charge on any atom is 0.196 e. The number of aliphatic imine (C=N–C) groups is 1. The molecule has 0 fully saturated rings. The molecule has 1 heterocycles. The molecule has 108 valence electrons. The van der Waals surface area contributed by atoms with Crippen molar-refractivity contribution in [3.8, 4) is 5.75 Å². The van der Waals surface area contributed by atoms with E-state index in [1.807, 2.05) is 41.3 Å². The van der Waals surface area contributed by atoms with Gasteiger partial charge in [0.15, 0.2) is 5.96 Å². The molecule has 0 aliphatic carbocycles. The Morgan fingerprint density at radius 3 is 2.62 bits per heavy atom. The number of halogens is 1. The molecule has 0 radical (unpaired) electrons. The molecule has 1 aliphatic heterocycles. The number of hydrogen-bond donors (Lipinski definition) is 1. The lowest BCUT2D eigenvalue weighted by molar-refractivity contribution is 0.415. The fraction of sp³-hybridized carbons (Fsp3) is 0.188. The molecule has 0 spiro atoms. The number of methoxy groups -OCH3 is 1. The molecule has 1 atom stereocenters. The molecule has 1 aliphatic rings. The predicted molar refractivity (Wildman–Crippen MR) is 88.8 cm³/mol. The highest BCUT2D eigenvalue weighted by Crippen LogP contribution is 2.36. The van der Waals surface area contributed by atoms with Crippen molar-refractivity contribution < 1.29 is 4.74 Å². The van der Waals surface area contributed by atoms with E-state index in [1.54, 1.807) is 7.11 Å². The quantitative estimate of drug-likeness (QED) is 0.928. The van der Waals surface area contributed by atoms with Gasteiger partial charge >= 0.3 is 0 Å². The number of anilines is 1. The first kappa shape index (κ1) is 13.9. The summed E-state index contributed by atoms with van der Waals surface area (Å²) in [6.07, 6.45) is 0. The summed E-state index contributed by atoms with van der Waals surface area (Å²) >= 11 is 3.46. The number of rotatable bonds is 3. The Morgan fingerprint density at radius 2 is 1.90 bits per heavy atom. The van der Waals surface area contributed by atoms with Crippen LogP contribution < -0.4 is 15.4 Å². The average Bonchev–Trinajstić information content (AvgIpc) is 2.89. The smallest absolute Gasteiger partial charge is 0.196 e. The molecule has 0 saturated heterocycles. The Morgan fingerprint density at radius 1 is 1.19 bits per heavy atom. The first-order valence-electron chi connectivity index (χ1n) is 6.68. The SMILES string of the molecule is COc1ccccc1N1C(N)=NCC1c1ccc(Br)cc1. The summed E-state index contributed by atoms with van der Waals surface area (Å²) in [4.78, 5) is 6.43. The van der Waals surface area contributed by atoms with E-state index in [0.717, 1.165) is 15.9 Å². The zero-order valence-electron chi connectivity index (χ0n) is 11.7. The minimum atomic E-state index is 0.0920. The number of ether oxygens (including phenoxy) is 1. The number of nitrogens with two attached hydrogens (primary N) is 1. The highest BCUT2D eigenvalue weighted by atomic mass is 79.9. The van der Waals surface area contributed by atoms with Crippen LogP contribution in [-0.4, -0.2) is 19.6 Å². The van der Waals surface area contributed by atoms with Crippen molar-refractivity contribution in [1.82, 2.24) is 0 Å². The second-order valence-corrected chi connectivity index (χ2v) is 5.72. The Kier molecular flexibility index (Phi) is 3.84. The molecular formula is C16H16BrN3O. The monoisotopic (exact) mass is 345 g/mol. The summed E-state index contributed by atoms with van der Waals surface area (Å²) in [6.45, 7) is 0.644. The predicted octanol–water partition coefficient (Wildman–Crippen LogP) is 3.33. The van der Waals surface area contributed by atoms with Crippen molar-refractivity contribution in [3.63, 3.8) is 0 Å². The second kappa shape index (κ2) is 5.77. The van der Waals surface area contributed by atoms with Crippen molar-refractivity contribution >= 4 is 27.6 Å². The average molecular weight is 346 g/mol. The molecule has 0 amide bonds. The third-order valence-corrected chi connectivity index (χ3v) is 4.11. The molecule has 2 N–H and O–H groups in total. The van der Waals surface area contributed by atoms with E-state index in [4.69, 9.17) is 10.5 Å². The molecule has 2 aromatic carbocycles. The summed E-state index contributed by atoms with van der Waals surface area (Å²) in [5, 5.41) is 0. The van der Waals surface area contributed by atoms with Crippen LogP contribution in [0.5, 0.6) is 5.75 Å². The van der Waals surface area contributed by atoms with E-state index in [0.29, 0.717) is 12.5 Å². The Labute approximate surface area is 132 Å². The topological polar surface area (TPSA) is 50.9 Å². The molecular weight excluding hydrogens is 330 g/mol. The van der Waals surface area contributed by atoms with Gasteiger partial charge in [-0.3, -0.25) is 9.89 Å². The van der Waals surface area contributed by atoms with Gasteiger partial charge in [-0.05, 0) is 29.8 Å². The summed E-state index contributed by atoms with van der Waals surface area (Å²) in [7, 11) is 1.66. The minimum absolute atomic E-state index is 0.0920. The minimum Gasteiger partial charge on any atom is -0.495 e. The number of benzene rings is 2. The van der Waals surface area contributed by atoms with Crippen molar-refractivity contribution in [2.75, 3.05) is 18.6 Å². The Bertz CT molecular complexity index is 669. The first-order chi connectivity index (χ1) is 10.2. The summed E-state index contributed by atoms with van der Waals surface area (Å²) < 4.78 is 6.51. The third kappa shape index (κ3) is 2.61. The first-order valence-corrected chi connectivity index (χ1v) is 7.47. The Balaban J connectivity index is 2.01. The van der Waals surface area contributed by atoms with Gasteiger partial charge in [0.25, 0.3) is 0 Å². The summed E-state index contributed by atoms with van der Waals surface area (Å²) in [5.74, 6) is 1.31. The summed E-state index contributed by atoms with van der Waals surface area (Å²) in [5.41, 5.74) is 8.21. The molecule has 0 aromatic heterocycles. The van der Waals surface area contributed by atoms with Crippen LogP contribution >= 0.6 is 15.9 Å². The zero-order chi connectivity index (χ0) is 14.8. The lowest BCUT2D eigenvalue weighted by atomic mass is 10.1. The molecule has 5 heteroatoms. The van der Waals surface area contributed by atoms with Crippen LogP contribution in [0.2, 0.25) is 0 Å². The van der Waals surface area contributed by atoms with E-state index < -0.39 is 0 Å². The molecule has 0 bridgehead atoms. The van der Waals surface area contributed by atoms with Gasteiger partial charge in [0.2, 0.25) is 0 Å². The maximum absolute atomic E-state index is 6.10. The molecule has 3 rings (SSSR count). The molecule has 0 saturated carbocycles. The Hall–Kier alpha value is -2.01. The van der Waals surface area contributed by atoms with Crippen molar-refractivity contribution in [3.05, 3.63) is 58.6 Å². The van der Waals surface area contributed by atoms with Crippen molar-refractivity contribution in [2.45, 2.75) is 6.04 Å². The second-order valence-electron chi connectivity index (χ2n) is 4.81. The normalized spacial score (nSPS) is 17.7. The van der Waals surface area contributed by atoms with E-state index in [9.17, 15) is 0 Å². The highest BCUT2D eigenvalue weighted by molar-refractivity contribution is 9.10. The standard InChI is InChI=1S/C16H16BrN3O/c1-21-15-5-3-2-4-13(15)20-14(10-19-16(20)18)11-6-8-12(17)9-7-11/h2-9,14H,10H2,1H3,(H2,18,19). The molecule has 2 aromatic rings. The van der Waals surface area contributed by atoms with Gasteiger partial charge in [-0.15, -0.1) is 0 Å². The number of guanidine groups is 1. The van der Waals surface area contributed by atoms with Gasteiger partial charge in [-0.2, -0.15) is 0 Å². The van der Waals surface area contributed by atoms with Crippen LogP contribution in [-0.2, 0) is 0 Å². The van der Waals surface area contributed by atoms with Crippen LogP contribution in [0.4, 0.5) is 5.69 Å². The number of para-hydroxylation sites is 2. The fourth-order valence-electron chi connectivity index (χ4n) is 2.56. The maximum atomic E-state index is 6.10. The third-order valence-electron chi connectivity index (χ3n) is 3.58. The summed E-state index contributed by atoms with van der Waals surface area (Å²) in [6, 6.07) is 16.2.